The molecule has 0 radical (unpaired) electrons. The van der Waals surface area contributed by atoms with Crippen LogP contribution >= 0.6 is 0 Å². The summed E-state index contributed by atoms with van der Waals surface area (Å²) >= 11 is 0. The van der Waals surface area contributed by atoms with Gasteiger partial charge in [0.2, 0.25) is 0 Å². The van der Waals surface area contributed by atoms with E-state index >= 15 is 0 Å². The SMILES string of the molecule is C=CC(=O)Oc1cccc(C(=O)c2ccccc2)c1OC(=O)C=C. The van der Waals surface area contributed by atoms with Gasteiger partial charge in [-0.25, -0.2) is 9.59 Å². The molecule has 5 heteroatoms. The molecular formula is C19H14O5. The van der Waals surface area contributed by atoms with E-state index < -0.39 is 11.9 Å². The summed E-state index contributed by atoms with van der Waals surface area (Å²) < 4.78 is 10.2. The molecule has 2 aromatic carbocycles. The van der Waals surface area contributed by atoms with E-state index in [1.54, 1.807) is 30.3 Å². The molecule has 2 aromatic rings. The summed E-state index contributed by atoms with van der Waals surface area (Å²) in [5.74, 6) is -2.10. The minimum atomic E-state index is -0.779. The zero-order valence-electron chi connectivity index (χ0n) is 12.7. The Labute approximate surface area is 138 Å². The first-order valence-corrected chi connectivity index (χ1v) is 6.98. The van der Waals surface area contributed by atoms with Gasteiger partial charge in [-0.1, -0.05) is 49.6 Å². The Balaban J connectivity index is 2.53. The molecule has 0 aromatic heterocycles. The summed E-state index contributed by atoms with van der Waals surface area (Å²) in [6.45, 7) is 6.62. The molecule has 0 aliphatic heterocycles. The Bertz CT molecular complexity index is 806. The van der Waals surface area contributed by atoms with Gasteiger partial charge in [0.1, 0.15) is 0 Å². The van der Waals surface area contributed by atoms with Crippen molar-refractivity contribution >= 4 is 17.7 Å². The lowest BCUT2D eigenvalue weighted by molar-refractivity contribution is -0.131. The third kappa shape index (κ3) is 3.84. The van der Waals surface area contributed by atoms with Crippen molar-refractivity contribution in [3.05, 3.63) is 85.0 Å². The second-order valence-electron chi connectivity index (χ2n) is 4.58. The van der Waals surface area contributed by atoms with E-state index in [1.807, 2.05) is 0 Å². The van der Waals surface area contributed by atoms with Crippen molar-refractivity contribution in [3.63, 3.8) is 0 Å². The number of hydrogen-bond donors (Lipinski definition) is 0. The predicted molar refractivity (Wildman–Crippen MR) is 88.0 cm³/mol. The van der Waals surface area contributed by atoms with Gasteiger partial charge in [-0.2, -0.15) is 0 Å². The Morgan fingerprint density at radius 3 is 2.04 bits per heavy atom. The molecule has 0 heterocycles. The highest BCUT2D eigenvalue weighted by atomic mass is 16.6. The molecule has 0 atom stereocenters. The molecule has 0 aliphatic carbocycles. The highest BCUT2D eigenvalue weighted by Gasteiger charge is 2.21. The van der Waals surface area contributed by atoms with Gasteiger partial charge in [0.15, 0.2) is 17.3 Å². The maximum absolute atomic E-state index is 12.7. The van der Waals surface area contributed by atoms with Crippen LogP contribution in [0.2, 0.25) is 0 Å². The van der Waals surface area contributed by atoms with Crippen molar-refractivity contribution in [2.75, 3.05) is 0 Å². The van der Waals surface area contributed by atoms with Crippen LogP contribution in [-0.2, 0) is 9.59 Å². The maximum atomic E-state index is 12.7. The van der Waals surface area contributed by atoms with Crippen molar-refractivity contribution in [2.45, 2.75) is 0 Å². The number of carbonyl (C=O) groups excluding carboxylic acids is 3. The number of ether oxygens (including phenoxy) is 2. The molecule has 2 rings (SSSR count). The quantitative estimate of drug-likeness (QED) is 0.354. The topological polar surface area (TPSA) is 69.7 Å². The van der Waals surface area contributed by atoms with Crippen LogP contribution in [0.1, 0.15) is 15.9 Å². The van der Waals surface area contributed by atoms with Crippen LogP contribution in [0.3, 0.4) is 0 Å². The standard InChI is InChI=1S/C19H14O5/c1-3-16(20)23-15-12-8-11-14(19(15)24-17(21)4-2)18(22)13-9-6-5-7-10-13/h3-12H,1-2H2. The molecule has 0 aliphatic rings. The first-order chi connectivity index (χ1) is 11.6. The number of hydrogen-bond acceptors (Lipinski definition) is 5. The molecule has 24 heavy (non-hydrogen) atoms. The van der Waals surface area contributed by atoms with E-state index in [1.165, 1.54) is 18.2 Å². The molecule has 0 saturated carbocycles. The zero-order chi connectivity index (χ0) is 17.5. The smallest absolute Gasteiger partial charge is 0.335 e. The Morgan fingerprint density at radius 1 is 0.792 bits per heavy atom. The highest BCUT2D eigenvalue weighted by molar-refractivity contribution is 6.11. The number of esters is 2. The van der Waals surface area contributed by atoms with Crippen LogP contribution in [0.5, 0.6) is 11.5 Å². The summed E-state index contributed by atoms with van der Waals surface area (Å²) in [6, 6.07) is 12.9. The van der Waals surface area contributed by atoms with E-state index in [2.05, 4.69) is 13.2 Å². The van der Waals surface area contributed by atoms with E-state index in [4.69, 9.17) is 9.47 Å². The van der Waals surface area contributed by atoms with Crippen molar-refractivity contribution in [2.24, 2.45) is 0 Å². The van der Waals surface area contributed by atoms with E-state index in [0.717, 1.165) is 12.2 Å². The average molecular weight is 322 g/mol. The summed E-state index contributed by atoms with van der Waals surface area (Å²) in [5.41, 5.74) is 0.492. The molecule has 0 amide bonds. The predicted octanol–water partition coefficient (Wildman–Crippen LogP) is 3.10. The number of para-hydroxylation sites is 1. The van der Waals surface area contributed by atoms with Crippen LogP contribution in [0.15, 0.2) is 73.8 Å². The first-order valence-electron chi connectivity index (χ1n) is 6.98. The summed E-state index contributed by atoms with van der Waals surface area (Å²) in [7, 11) is 0. The van der Waals surface area contributed by atoms with Gasteiger partial charge in [0.05, 0.1) is 5.56 Å². The number of ketones is 1. The maximum Gasteiger partial charge on any atom is 0.335 e. The Morgan fingerprint density at radius 2 is 1.42 bits per heavy atom. The fourth-order valence-corrected chi connectivity index (χ4v) is 1.92. The summed E-state index contributed by atoms with van der Waals surface area (Å²) in [6.07, 6.45) is 1.91. The van der Waals surface area contributed by atoms with Crippen molar-refractivity contribution in [1.82, 2.24) is 0 Å². The lowest BCUT2D eigenvalue weighted by Crippen LogP contribution is -2.12. The normalized spacial score (nSPS) is 9.67. The Kier molecular flexibility index (Phi) is 5.41. The largest absolute Gasteiger partial charge is 0.419 e. The minimum absolute atomic E-state index is 0.0584. The van der Waals surface area contributed by atoms with Gasteiger partial charge in [-0.05, 0) is 12.1 Å². The molecule has 0 spiro atoms. The molecule has 0 N–H and O–H groups in total. The van der Waals surface area contributed by atoms with Gasteiger partial charge in [-0.3, -0.25) is 4.79 Å². The number of benzene rings is 2. The van der Waals surface area contributed by atoms with E-state index in [9.17, 15) is 14.4 Å². The molecular weight excluding hydrogens is 308 g/mol. The fourth-order valence-electron chi connectivity index (χ4n) is 1.92. The highest BCUT2D eigenvalue weighted by Crippen LogP contribution is 2.33. The number of carbonyl (C=O) groups is 3. The van der Waals surface area contributed by atoms with Gasteiger partial charge < -0.3 is 9.47 Å². The third-order valence-corrected chi connectivity index (χ3v) is 3.01. The van der Waals surface area contributed by atoms with Crippen LogP contribution < -0.4 is 9.47 Å². The van der Waals surface area contributed by atoms with Gasteiger partial charge in [0, 0.05) is 17.7 Å². The van der Waals surface area contributed by atoms with E-state index in [0.29, 0.717) is 5.56 Å². The minimum Gasteiger partial charge on any atom is -0.419 e. The monoisotopic (exact) mass is 322 g/mol. The Hall–Kier alpha value is -3.47. The van der Waals surface area contributed by atoms with Crippen LogP contribution in [0, 0.1) is 0 Å². The van der Waals surface area contributed by atoms with Crippen LogP contribution in [0.4, 0.5) is 0 Å². The summed E-state index contributed by atoms with van der Waals surface area (Å²) in [5, 5.41) is 0. The molecule has 5 nitrogen and oxygen atoms in total. The second-order valence-corrected chi connectivity index (χ2v) is 4.58. The van der Waals surface area contributed by atoms with Crippen molar-refractivity contribution < 1.29 is 23.9 Å². The lowest BCUT2D eigenvalue weighted by Gasteiger charge is -2.12. The van der Waals surface area contributed by atoms with Crippen molar-refractivity contribution in [3.8, 4) is 11.5 Å². The van der Waals surface area contributed by atoms with Crippen LogP contribution in [0.25, 0.3) is 0 Å². The van der Waals surface area contributed by atoms with Gasteiger partial charge >= 0.3 is 11.9 Å². The van der Waals surface area contributed by atoms with Gasteiger partial charge in [-0.15, -0.1) is 0 Å². The number of rotatable bonds is 6. The molecule has 0 saturated heterocycles. The molecule has 120 valence electrons. The first kappa shape index (κ1) is 16.9. The molecule has 0 fully saturated rings. The summed E-state index contributed by atoms with van der Waals surface area (Å²) in [4.78, 5) is 35.7. The van der Waals surface area contributed by atoms with Gasteiger partial charge in [0.25, 0.3) is 0 Å². The molecule has 0 bridgehead atoms. The van der Waals surface area contributed by atoms with Crippen LogP contribution in [-0.4, -0.2) is 17.7 Å². The third-order valence-electron chi connectivity index (χ3n) is 3.01. The lowest BCUT2D eigenvalue weighted by atomic mass is 10.0. The van der Waals surface area contributed by atoms with E-state index in [-0.39, 0.29) is 22.8 Å². The van der Waals surface area contributed by atoms with Crippen molar-refractivity contribution in [1.29, 1.82) is 0 Å². The second kappa shape index (κ2) is 7.69. The average Bonchev–Trinajstić information content (AvgIpc) is 2.62. The fraction of sp³-hybridized carbons (Fsp3) is 0. The molecule has 0 unspecified atom stereocenters. The zero-order valence-corrected chi connectivity index (χ0v) is 12.7.